The van der Waals surface area contributed by atoms with Gasteiger partial charge in [-0.3, -0.25) is 4.98 Å². The topological polar surface area (TPSA) is 87.2 Å². The van der Waals surface area contributed by atoms with Gasteiger partial charge in [0.05, 0.1) is 12.8 Å². The SMILES string of the molecule is O=c1ncc(F)c(N[C@@H]2CS[C@H](CO)O2)[nH]1. The summed E-state index contributed by atoms with van der Waals surface area (Å²) in [6.07, 6.45) is 0.405. The fourth-order valence-corrected chi connectivity index (χ4v) is 2.14. The predicted octanol–water partition coefficient (Wildman–Crippen LogP) is -0.271. The van der Waals surface area contributed by atoms with Gasteiger partial charge < -0.3 is 15.2 Å². The zero-order valence-electron chi connectivity index (χ0n) is 8.14. The standard InChI is InChI=1S/C8H10FN3O3S/c9-4-1-10-8(14)12-7(4)11-5-3-16-6(2-13)15-5/h1,5-6,13H,2-3H2,(H2,10,11,12,14)/t5-,6+/m0/s1. The normalized spacial score (nSPS) is 24.6. The molecule has 1 fully saturated rings. The van der Waals surface area contributed by atoms with E-state index in [1.54, 1.807) is 0 Å². The lowest BCUT2D eigenvalue weighted by Crippen LogP contribution is -2.26. The van der Waals surface area contributed by atoms with Gasteiger partial charge in [0, 0.05) is 5.75 Å². The number of ether oxygens (including phenoxy) is 1. The highest BCUT2D eigenvalue weighted by molar-refractivity contribution is 8.00. The summed E-state index contributed by atoms with van der Waals surface area (Å²) in [6, 6.07) is 0. The summed E-state index contributed by atoms with van der Waals surface area (Å²) in [5.41, 5.74) is -0.942. The highest BCUT2D eigenvalue weighted by Gasteiger charge is 2.25. The van der Waals surface area contributed by atoms with Crippen LogP contribution >= 0.6 is 11.8 Å². The summed E-state index contributed by atoms with van der Waals surface area (Å²) in [4.78, 5) is 16.3. The van der Waals surface area contributed by atoms with Crippen LogP contribution in [-0.4, -0.2) is 39.1 Å². The van der Waals surface area contributed by atoms with E-state index in [1.807, 2.05) is 0 Å². The number of aliphatic hydroxyl groups excluding tert-OH is 1. The van der Waals surface area contributed by atoms with Crippen molar-refractivity contribution in [3.8, 4) is 0 Å². The molecule has 0 amide bonds. The Hall–Kier alpha value is -1.12. The Labute approximate surface area is 94.2 Å². The Bertz CT molecular complexity index is 427. The second-order valence-electron chi connectivity index (χ2n) is 3.13. The van der Waals surface area contributed by atoms with E-state index in [2.05, 4.69) is 15.3 Å². The van der Waals surface area contributed by atoms with Gasteiger partial charge in [0.15, 0.2) is 5.82 Å². The molecule has 8 heteroatoms. The molecule has 1 saturated heterocycles. The molecule has 1 aromatic heterocycles. The molecule has 0 aromatic carbocycles. The van der Waals surface area contributed by atoms with Crippen LogP contribution in [-0.2, 0) is 4.74 Å². The zero-order valence-corrected chi connectivity index (χ0v) is 8.96. The lowest BCUT2D eigenvalue weighted by atomic mass is 10.5. The van der Waals surface area contributed by atoms with Crippen LogP contribution in [0.2, 0.25) is 0 Å². The van der Waals surface area contributed by atoms with Gasteiger partial charge in [-0.05, 0) is 0 Å². The number of halogens is 1. The zero-order chi connectivity index (χ0) is 11.5. The number of nitrogens with zero attached hydrogens (tertiary/aromatic N) is 1. The van der Waals surface area contributed by atoms with Crippen molar-refractivity contribution in [3.63, 3.8) is 0 Å². The Morgan fingerprint density at radius 1 is 1.81 bits per heavy atom. The van der Waals surface area contributed by atoms with Crippen molar-refractivity contribution in [2.24, 2.45) is 0 Å². The first kappa shape index (κ1) is 11.4. The van der Waals surface area contributed by atoms with E-state index in [0.717, 1.165) is 6.20 Å². The second kappa shape index (κ2) is 4.81. The number of H-pyrrole nitrogens is 1. The van der Waals surface area contributed by atoms with Crippen molar-refractivity contribution in [2.75, 3.05) is 17.7 Å². The van der Waals surface area contributed by atoms with Crippen LogP contribution in [0.15, 0.2) is 11.0 Å². The quantitative estimate of drug-likeness (QED) is 0.681. The number of aromatic nitrogens is 2. The fourth-order valence-electron chi connectivity index (χ4n) is 1.27. The van der Waals surface area contributed by atoms with Gasteiger partial charge in [-0.2, -0.15) is 4.98 Å². The lowest BCUT2D eigenvalue weighted by molar-refractivity contribution is 0.0485. The van der Waals surface area contributed by atoms with Crippen molar-refractivity contribution >= 4 is 17.6 Å². The summed E-state index contributed by atoms with van der Waals surface area (Å²) in [5.74, 6) is -0.139. The minimum Gasteiger partial charge on any atom is -0.393 e. The van der Waals surface area contributed by atoms with Crippen LogP contribution in [0.5, 0.6) is 0 Å². The summed E-state index contributed by atoms with van der Waals surface area (Å²) in [5, 5.41) is 11.5. The molecule has 0 aliphatic carbocycles. The molecular weight excluding hydrogens is 237 g/mol. The molecule has 1 aliphatic rings. The summed E-state index contributed by atoms with van der Waals surface area (Å²) < 4.78 is 18.5. The minimum atomic E-state index is -0.652. The third-order valence-corrected chi connectivity index (χ3v) is 3.10. The number of thioether (sulfide) groups is 1. The Morgan fingerprint density at radius 3 is 3.31 bits per heavy atom. The molecule has 2 heterocycles. The number of hydrogen-bond acceptors (Lipinski definition) is 6. The summed E-state index contributed by atoms with van der Waals surface area (Å²) >= 11 is 1.41. The van der Waals surface area contributed by atoms with Gasteiger partial charge in [-0.25, -0.2) is 9.18 Å². The Kier molecular flexibility index (Phi) is 3.42. The van der Waals surface area contributed by atoms with Crippen LogP contribution in [0, 0.1) is 5.82 Å². The number of anilines is 1. The Balaban J connectivity index is 2.04. The number of aliphatic hydroxyl groups is 1. The van der Waals surface area contributed by atoms with Crippen LogP contribution in [0.3, 0.4) is 0 Å². The van der Waals surface area contributed by atoms with Crippen molar-refractivity contribution in [3.05, 3.63) is 22.5 Å². The van der Waals surface area contributed by atoms with Crippen LogP contribution < -0.4 is 11.0 Å². The first-order valence-electron chi connectivity index (χ1n) is 4.58. The highest BCUT2D eigenvalue weighted by Crippen LogP contribution is 2.25. The van der Waals surface area contributed by atoms with Crippen molar-refractivity contribution in [1.29, 1.82) is 0 Å². The third-order valence-electron chi connectivity index (χ3n) is 1.97. The molecule has 16 heavy (non-hydrogen) atoms. The van der Waals surface area contributed by atoms with E-state index < -0.39 is 17.7 Å². The van der Waals surface area contributed by atoms with Crippen LogP contribution in [0.1, 0.15) is 0 Å². The molecule has 2 rings (SSSR count). The molecule has 6 nitrogen and oxygen atoms in total. The minimum absolute atomic E-state index is 0.0517. The molecular formula is C8H10FN3O3S. The molecule has 1 aromatic rings. The summed E-state index contributed by atoms with van der Waals surface area (Å²) in [7, 11) is 0. The largest absolute Gasteiger partial charge is 0.393 e. The average molecular weight is 247 g/mol. The Morgan fingerprint density at radius 2 is 2.62 bits per heavy atom. The predicted molar refractivity (Wildman–Crippen MR) is 56.6 cm³/mol. The van der Waals surface area contributed by atoms with E-state index in [4.69, 9.17) is 9.84 Å². The van der Waals surface area contributed by atoms with Gasteiger partial charge in [-0.15, -0.1) is 11.8 Å². The molecule has 0 spiro atoms. The van der Waals surface area contributed by atoms with Crippen molar-refractivity contribution < 1.29 is 14.2 Å². The summed E-state index contributed by atoms with van der Waals surface area (Å²) in [6.45, 7) is -0.0990. The van der Waals surface area contributed by atoms with E-state index >= 15 is 0 Å². The third kappa shape index (κ3) is 2.52. The van der Waals surface area contributed by atoms with Crippen LogP contribution in [0.25, 0.3) is 0 Å². The van der Waals surface area contributed by atoms with Crippen molar-refractivity contribution in [1.82, 2.24) is 9.97 Å². The first-order chi connectivity index (χ1) is 7.69. The van der Waals surface area contributed by atoms with Gasteiger partial charge in [0.2, 0.25) is 0 Å². The van der Waals surface area contributed by atoms with E-state index in [-0.39, 0.29) is 17.9 Å². The maximum atomic E-state index is 13.2. The van der Waals surface area contributed by atoms with Gasteiger partial charge in [-0.1, -0.05) is 0 Å². The molecule has 1 aliphatic heterocycles. The van der Waals surface area contributed by atoms with Gasteiger partial charge in [0.1, 0.15) is 17.5 Å². The number of nitrogens with one attached hydrogen (secondary N) is 2. The van der Waals surface area contributed by atoms with E-state index in [0.29, 0.717) is 5.75 Å². The maximum Gasteiger partial charge on any atom is 0.346 e. The molecule has 0 bridgehead atoms. The molecule has 3 N–H and O–H groups in total. The molecule has 0 radical (unpaired) electrons. The smallest absolute Gasteiger partial charge is 0.346 e. The average Bonchev–Trinajstić information content (AvgIpc) is 2.71. The molecule has 88 valence electrons. The number of aromatic amines is 1. The molecule has 0 unspecified atom stereocenters. The van der Waals surface area contributed by atoms with Gasteiger partial charge >= 0.3 is 5.69 Å². The van der Waals surface area contributed by atoms with Crippen molar-refractivity contribution in [2.45, 2.75) is 11.7 Å². The first-order valence-corrected chi connectivity index (χ1v) is 5.63. The van der Waals surface area contributed by atoms with E-state index in [1.165, 1.54) is 11.8 Å². The fraction of sp³-hybridized carbons (Fsp3) is 0.500. The maximum absolute atomic E-state index is 13.2. The monoisotopic (exact) mass is 247 g/mol. The van der Waals surface area contributed by atoms with Crippen LogP contribution in [0.4, 0.5) is 10.2 Å². The van der Waals surface area contributed by atoms with E-state index in [9.17, 15) is 9.18 Å². The van der Waals surface area contributed by atoms with Gasteiger partial charge in [0.25, 0.3) is 0 Å². The molecule has 0 saturated carbocycles. The molecule has 2 atom stereocenters. The number of hydrogen-bond donors (Lipinski definition) is 3. The number of rotatable bonds is 3. The second-order valence-corrected chi connectivity index (χ2v) is 4.32. The lowest BCUT2D eigenvalue weighted by Gasteiger charge is -2.13. The highest BCUT2D eigenvalue weighted by atomic mass is 32.2.